The van der Waals surface area contributed by atoms with Gasteiger partial charge in [0.2, 0.25) is 0 Å². The van der Waals surface area contributed by atoms with Crippen LogP contribution in [-0.2, 0) is 9.53 Å². The first-order chi connectivity index (χ1) is 13.6. The highest BCUT2D eigenvalue weighted by molar-refractivity contribution is 5.97. The maximum atomic E-state index is 13.7. The van der Waals surface area contributed by atoms with Crippen molar-refractivity contribution in [3.8, 4) is 5.75 Å². The normalized spacial score (nSPS) is 22.9. The van der Waals surface area contributed by atoms with E-state index in [0.29, 0.717) is 17.0 Å². The van der Waals surface area contributed by atoms with Crippen LogP contribution in [0.1, 0.15) is 49.7 Å². The summed E-state index contributed by atoms with van der Waals surface area (Å²) in [6, 6.07) is 7.44. The molecule has 1 saturated heterocycles. The summed E-state index contributed by atoms with van der Waals surface area (Å²) in [5.41, 5.74) is 0.863. The number of anilines is 1. The molecule has 1 aliphatic rings. The van der Waals surface area contributed by atoms with Crippen molar-refractivity contribution in [3.63, 3.8) is 0 Å². The Morgan fingerprint density at radius 3 is 2.62 bits per heavy atom. The average Bonchev–Trinajstić information content (AvgIpc) is 2.91. The molecule has 3 rings (SSSR count). The first kappa shape index (κ1) is 20.9. The van der Waals surface area contributed by atoms with E-state index in [2.05, 4.69) is 10.3 Å². The molecule has 0 unspecified atom stereocenters. The fourth-order valence-electron chi connectivity index (χ4n) is 3.73. The lowest BCUT2D eigenvalue weighted by atomic mass is 9.78. The number of methoxy groups -OCH3 is 1. The third-order valence-corrected chi connectivity index (χ3v) is 5.59. The number of halogens is 1. The summed E-state index contributed by atoms with van der Waals surface area (Å²) in [6.07, 6.45) is 0.655. The van der Waals surface area contributed by atoms with E-state index >= 15 is 0 Å². The summed E-state index contributed by atoms with van der Waals surface area (Å²) >= 11 is 0. The molecule has 3 atom stereocenters. The third kappa shape index (κ3) is 4.15. The van der Waals surface area contributed by atoms with Crippen LogP contribution in [-0.4, -0.2) is 35.5 Å². The molecule has 0 aliphatic carbocycles. The quantitative estimate of drug-likeness (QED) is 0.769. The number of Topliss-reactive ketones (excluding diaryl/α,β-unsaturated/α-hetero) is 1. The number of carbonyl (C=O) groups excluding carboxylic acids is 2. The third-order valence-electron chi connectivity index (χ3n) is 5.59. The molecule has 1 N–H and O–H groups in total. The highest BCUT2D eigenvalue weighted by atomic mass is 19.1. The van der Waals surface area contributed by atoms with Gasteiger partial charge >= 0.3 is 0 Å². The standard InChI is InChI=1S/C22H25FN2O4/c1-12-19(16-7-6-14(23)10-18(16)28-5)20(29-22(12,3)4)21(27)25-15-8-9-24-17(11-15)13(2)26/h6-12,19-20H,1-5H3,(H,24,25,27)/t12-,19-,20+/m0/s1. The van der Waals surface area contributed by atoms with E-state index in [1.165, 1.54) is 38.4 Å². The Bertz CT molecular complexity index is 944. The maximum absolute atomic E-state index is 13.7. The van der Waals surface area contributed by atoms with E-state index in [1.807, 2.05) is 20.8 Å². The molecule has 7 heteroatoms. The van der Waals surface area contributed by atoms with Gasteiger partial charge in [-0.25, -0.2) is 4.39 Å². The van der Waals surface area contributed by atoms with Crippen LogP contribution in [0.25, 0.3) is 0 Å². The molecule has 1 amide bonds. The largest absolute Gasteiger partial charge is 0.496 e. The van der Waals surface area contributed by atoms with Crippen LogP contribution in [0.5, 0.6) is 5.75 Å². The lowest BCUT2D eigenvalue weighted by molar-refractivity contribution is -0.131. The van der Waals surface area contributed by atoms with E-state index in [-0.39, 0.29) is 29.2 Å². The van der Waals surface area contributed by atoms with Crippen LogP contribution in [0, 0.1) is 11.7 Å². The second kappa shape index (κ2) is 7.91. The molecule has 154 valence electrons. The Morgan fingerprint density at radius 2 is 1.97 bits per heavy atom. The van der Waals surface area contributed by atoms with Crippen LogP contribution in [0.4, 0.5) is 10.1 Å². The number of ketones is 1. The molecule has 0 radical (unpaired) electrons. The van der Waals surface area contributed by atoms with Gasteiger partial charge in [0.1, 0.15) is 23.4 Å². The lowest BCUT2D eigenvalue weighted by Crippen LogP contribution is -2.33. The summed E-state index contributed by atoms with van der Waals surface area (Å²) < 4.78 is 25.2. The second-order valence-corrected chi connectivity index (χ2v) is 7.82. The van der Waals surface area contributed by atoms with E-state index in [4.69, 9.17) is 9.47 Å². The predicted octanol–water partition coefficient (Wildman–Crippen LogP) is 3.97. The molecule has 1 aliphatic heterocycles. The molecule has 29 heavy (non-hydrogen) atoms. The van der Waals surface area contributed by atoms with Gasteiger partial charge in [0, 0.05) is 36.4 Å². The molecule has 1 aromatic carbocycles. The zero-order chi connectivity index (χ0) is 21.3. The number of pyridine rings is 1. The van der Waals surface area contributed by atoms with Crippen molar-refractivity contribution in [2.75, 3.05) is 12.4 Å². The lowest BCUT2D eigenvalue weighted by Gasteiger charge is -2.25. The van der Waals surface area contributed by atoms with Crippen LogP contribution >= 0.6 is 0 Å². The minimum atomic E-state index is -0.812. The smallest absolute Gasteiger partial charge is 0.254 e. The van der Waals surface area contributed by atoms with Crippen molar-refractivity contribution in [1.82, 2.24) is 4.98 Å². The number of ether oxygens (including phenoxy) is 2. The van der Waals surface area contributed by atoms with Crippen molar-refractivity contribution < 1.29 is 23.5 Å². The Labute approximate surface area is 169 Å². The van der Waals surface area contributed by atoms with Crippen LogP contribution in [0.3, 0.4) is 0 Å². The maximum Gasteiger partial charge on any atom is 0.254 e. The molecule has 0 saturated carbocycles. The molecule has 2 aromatic rings. The molecule has 0 spiro atoms. The molecule has 1 fully saturated rings. The molecule has 2 heterocycles. The minimum absolute atomic E-state index is 0.0390. The second-order valence-electron chi connectivity index (χ2n) is 7.82. The molecule has 1 aromatic heterocycles. The molecule has 6 nitrogen and oxygen atoms in total. The first-order valence-electron chi connectivity index (χ1n) is 9.43. The predicted molar refractivity (Wildman–Crippen MR) is 107 cm³/mol. The summed E-state index contributed by atoms with van der Waals surface area (Å²) in [5.74, 6) is -0.950. The van der Waals surface area contributed by atoms with Crippen LogP contribution in [0.15, 0.2) is 36.5 Å². The zero-order valence-corrected chi connectivity index (χ0v) is 17.2. The first-order valence-corrected chi connectivity index (χ1v) is 9.43. The van der Waals surface area contributed by atoms with Crippen LogP contribution < -0.4 is 10.1 Å². The van der Waals surface area contributed by atoms with E-state index in [1.54, 1.807) is 12.1 Å². The van der Waals surface area contributed by atoms with Crippen molar-refractivity contribution >= 4 is 17.4 Å². The average molecular weight is 400 g/mol. The Morgan fingerprint density at radius 1 is 1.24 bits per heavy atom. The number of rotatable bonds is 5. The zero-order valence-electron chi connectivity index (χ0n) is 17.2. The van der Waals surface area contributed by atoms with Gasteiger partial charge in [-0.2, -0.15) is 0 Å². The number of hydrogen-bond donors (Lipinski definition) is 1. The number of nitrogens with zero attached hydrogens (tertiary/aromatic N) is 1. The van der Waals surface area contributed by atoms with Gasteiger partial charge in [0.25, 0.3) is 5.91 Å². The van der Waals surface area contributed by atoms with Crippen LogP contribution in [0.2, 0.25) is 0 Å². The highest BCUT2D eigenvalue weighted by Crippen LogP contribution is 2.48. The van der Waals surface area contributed by atoms with Crippen molar-refractivity contribution in [2.24, 2.45) is 5.92 Å². The number of carbonyl (C=O) groups is 2. The number of nitrogens with one attached hydrogen (secondary N) is 1. The Hall–Kier alpha value is -2.80. The minimum Gasteiger partial charge on any atom is -0.496 e. The highest BCUT2D eigenvalue weighted by Gasteiger charge is 2.51. The fourth-order valence-corrected chi connectivity index (χ4v) is 3.73. The molecular weight excluding hydrogens is 375 g/mol. The topological polar surface area (TPSA) is 77.5 Å². The monoisotopic (exact) mass is 400 g/mol. The van der Waals surface area contributed by atoms with Crippen molar-refractivity contribution in [2.45, 2.75) is 45.3 Å². The molecule has 0 bridgehead atoms. The van der Waals surface area contributed by atoms with Crippen molar-refractivity contribution in [1.29, 1.82) is 0 Å². The van der Waals surface area contributed by atoms with E-state index < -0.39 is 17.5 Å². The van der Waals surface area contributed by atoms with Gasteiger partial charge in [-0.3, -0.25) is 14.6 Å². The van der Waals surface area contributed by atoms with Crippen molar-refractivity contribution in [3.05, 3.63) is 53.6 Å². The SMILES string of the molecule is COc1cc(F)ccc1[C@H]1[C@H](C(=O)Nc2ccnc(C(C)=O)c2)OC(C)(C)[C@H]1C. The van der Waals surface area contributed by atoms with Gasteiger partial charge in [-0.05, 0) is 38.0 Å². The Balaban J connectivity index is 1.95. The summed E-state index contributed by atoms with van der Waals surface area (Å²) in [6.45, 7) is 7.26. The molecular formula is C22H25FN2O4. The number of benzene rings is 1. The van der Waals surface area contributed by atoms with Gasteiger partial charge in [0.15, 0.2) is 5.78 Å². The fraction of sp³-hybridized carbons (Fsp3) is 0.409. The van der Waals surface area contributed by atoms with E-state index in [9.17, 15) is 14.0 Å². The number of aromatic nitrogens is 1. The Kier molecular flexibility index (Phi) is 5.71. The van der Waals surface area contributed by atoms with E-state index in [0.717, 1.165) is 0 Å². The summed E-state index contributed by atoms with van der Waals surface area (Å²) in [7, 11) is 1.47. The van der Waals surface area contributed by atoms with Gasteiger partial charge in [-0.15, -0.1) is 0 Å². The number of amides is 1. The van der Waals surface area contributed by atoms with Gasteiger partial charge in [0.05, 0.1) is 12.7 Å². The van der Waals surface area contributed by atoms with Gasteiger partial charge in [-0.1, -0.05) is 13.0 Å². The summed E-state index contributed by atoms with van der Waals surface area (Å²) in [4.78, 5) is 28.7. The van der Waals surface area contributed by atoms with Gasteiger partial charge < -0.3 is 14.8 Å². The summed E-state index contributed by atoms with van der Waals surface area (Å²) in [5, 5.41) is 2.82. The number of hydrogen-bond acceptors (Lipinski definition) is 5.